The Hall–Kier alpha value is -4.31. The lowest BCUT2D eigenvalue weighted by atomic mass is 10.1. The van der Waals surface area contributed by atoms with Crippen molar-refractivity contribution in [2.75, 3.05) is 5.32 Å². The fourth-order valence-electron chi connectivity index (χ4n) is 3.37. The fraction of sp³-hybridized carbons (Fsp3) is 0.0435. The third kappa shape index (κ3) is 4.44. The van der Waals surface area contributed by atoms with Gasteiger partial charge in [-0.3, -0.25) is 4.79 Å². The van der Waals surface area contributed by atoms with E-state index in [4.69, 9.17) is 20.8 Å². The standard InChI is InChI=1S/C23H14ClF2N5O3/c24-13-5-12(6-14(25)7-13)10-33-16-3-1-15(2-4-16)27-23(32)19-11-34-21-9-18(20(26)8-17(19)21)22-28-30-31-29-22/h1-9,11H,10H2,(H,27,32)(H,28,29,30,31). The third-order valence-electron chi connectivity index (χ3n) is 4.95. The monoisotopic (exact) mass is 481 g/mol. The first-order valence-electron chi connectivity index (χ1n) is 9.90. The molecule has 11 heteroatoms. The van der Waals surface area contributed by atoms with Gasteiger partial charge in [0.25, 0.3) is 5.91 Å². The molecule has 2 N–H and O–H groups in total. The number of hydrogen-bond donors (Lipinski definition) is 2. The van der Waals surface area contributed by atoms with Crippen LogP contribution in [0.4, 0.5) is 14.5 Å². The normalized spacial score (nSPS) is 11.0. The Balaban J connectivity index is 1.28. The molecule has 34 heavy (non-hydrogen) atoms. The lowest BCUT2D eigenvalue weighted by Gasteiger charge is -2.09. The lowest BCUT2D eigenvalue weighted by molar-refractivity contribution is 0.102. The summed E-state index contributed by atoms with van der Waals surface area (Å²) < 4.78 is 39.1. The second kappa shape index (κ2) is 8.91. The van der Waals surface area contributed by atoms with E-state index >= 15 is 0 Å². The van der Waals surface area contributed by atoms with E-state index < -0.39 is 17.5 Å². The molecule has 0 aliphatic carbocycles. The number of halogens is 3. The maximum absolute atomic E-state index is 14.6. The molecule has 0 saturated carbocycles. The van der Waals surface area contributed by atoms with Crippen molar-refractivity contribution < 1.29 is 22.7 Å². The van der Waals surface area contributed by atoms with Gasteiger partial charge in [0, 0.05) is 16.1 Å². The highest BCUT2D eigenvalue weighted by molar-refractivity contribution is 6.30. The number of benzene rings is 3. The number of carbonyl (C=O) groups excluding carboxylic acids is 1. The molecule has 8 nitrogen and oxygen atoms in total. The van der Waals surface area contributed by atoms with Crippen LogP contribution in [0.1, 0.15) is 15.9 Å². The minimum atomic E-state index is -0.609. The van der Waals surface area contributed by atoms with Crippen molar-refractivity contribution >= 4 is 34.2 Å². The minimum Gasteiger partial charge on any atom is -0.489 e. The number of H-pyrrole nitrogens is 1. The van der Waals surface area contributed by atoms with Crippen LogP contribution >= 0.6 is 11.6 Å². The Bertz CT molecular complexity index is 1470. The highest BCUT2D eigenvalue weighted by Gasteiger charge is 2.18. The zero-order valence-electron chi connectivity index (χ0n) is 17.2. The van der Waals surface area contributed by atoms with Crippen LogP contribution in [-0.4, -0.2) is 26.5 Å². The molecule has 0 fully saturated rings. The van der Waals surface area contributed by atoms with Crippen LogP contribution in [0.5, 0.6) is 5.75 Å². The number of aromatic nitrogens is 4. The number of nitrogens with zero attached hydrogens (tertiary/aromatic N) is 3. The molecule has 170 valence electrons. The van der Waals surface area contributed by atoms with E-state index in [1.807, 2.05) is 0 Å². The summed E-state index contributed by atoms with van der Waals surface area (Å²) in [4.78, 5) is 12.8. The van der Waals surface area contributed by atoms with E-state index in [1.54, 1.807) is 30.3 Å². The molecule has 0 radical (unpaired) electrons. The summed E-state index contributed by atoms with van der Waals surface area (Å²) in [6, 6.07) is 13.4. The van der Waals surface area contributed by atoms with Gasteiger partial charge in [0.15, 0.2) is 5.82 Å². The molecule has 2 heterocycles. The first kappa shape index (κ1) is 21.5. The van der Waals surface area contributed by atoms with Gasteiger partial charge in [0.1, 0.15) is 35.8 Å². The Morgan fingerprint density at radius 3 is 2.68 bits per heavy atom. The molecular weight excluding hydrogens is 468 g/mol. The van der Waals surface area contributed by atoms with Crippen molar-refractivity contribution in [3.05, 3.63) is 88.6 Å². The smallest absolute Gasteiger partial charge is 0.259 e. The first-order valence-corrected chi connectivity index (χ1v) is 10.3. The van der Waals surface area contributed by atoms with Crippen LogP contribution in [0.25, 0.3) is 22.4 Å². The van der Waals surface area contributed by atoms with E-state index in [0.717, 1.165) is 0 Å². The second-order valence-electron chi connectivity index (χ2n) is 7.27. The number of carbonyl (C=O) groups is 1. The van der Waals surface area contributed by atoms with Crippen molar-refractivity contribution in [2.24, 2.45) is 0 Å². The molecule has 0 saturated heterocycles. The minimum absolute atomic E-state index is 0.120. The summed E-state index contributed by atoms with van der Waals surface area (Å²) in [5, 5.41) is 16.4. The van der Waals surface area contributed by atoms with Crippen LogP contribution in [0.3, 0.4) is 0 Å². The quantitative estimate of drug-likeness (QED) is 0.337. The fourth-order valence-corrected chi connectivity index (χ4v) is 3.62. The second-order valence-corrected chi connectivity index (χ2v) is 7.71. The Morgan fingerprint density at radius 1 is 1.12 bits per heavy atom. The maximum Gasteiger partial charge on any atom is 0.259 e. The van der Waals surface area contributed by atoms with Crippen LogP contribution < -0.4 is 10.1 Å². The van der Waals surface area contributed by atoms with Crippen molar-refractivity contribution in [2.45, 2.75) is 6.61 Å². The summed E-state index contributed by atoms with van der Waals surface area (Å²) in [6.45, 7) is 0.127. The number of ether oxygens (including phenoxy) is 1. The van der Waals surface area contributed by atoms with E-state index in [2.05, 4.69) is 25.9 Å². The van der Waals surface area contributed by atoms with E-state index in [-0.39, 0.29) is 28.6 Å². The lowest BCUT2D eigenvalue weighted by Crippen LogP contribution is -2.11. The number of furan rings is 1. The van der Waals surface area contributed by atoms with E-state index in [0.29, 0.717) is 28.0 Å². The SMILES string of the molecule is O=C(Nc1ccc(OCc2cc(F)cc(Cl)c2)cc1)c1coc2cc(-c3nnn[nH]3)c(F)cc12. The van der Waals surface area contributed by atoms with Crippen LogP contribution in [0.15, 0.2) is 65.3 Å². The van der Waals surface area contributed by atoms with E-state index in [9.17, 15) is 13.6 Å². The maximum atomic E-state index is 14.6. The van der Waals surface area contributed by atoms with Gasteiger partial charge < -0.3 is 14.5 Å². The predicted molar refractivity (Wildman–Crippen MR) is 119 cm³/mol. The molecular formula is C23H14ClF2N5O3. The van der Waals surface area contributed by atoms with Gasteiger partial charge in [-0.2, -0.15) is 0 Å². The highest BCUT2D eigenvalue weighted by Crippen LogP contribution is 2.29. The van der Waals surface area contributed by atoms with E-state index in [1.165, 1.54) is 30.5 Å². The highest BCUT2D eigenvalue weighted by atomic mass is 35.5. The van der Waals surface area contributed by atoms with Gasteiger partial charge in [0.05, 0.1) is 11.1 Å². The van der Waals surface area contributed by atoms with Crippen LogP contribution in [-0.2, 0) is 6.61 Å². The van der Waals surface area contributed by atoms with Crippen molar-refractivity contribution in [1.29, 1.82) is 0 Å². The molecule has 0 aliphatic rings. The number of amides is 1. The average Bonchev–Trinajstić information content (AvgIpc) is 3.47. The van der Waals surface area contributed by atoms with Crippen molar-refractivity contribution in [1.82, 2.24) is 20.6 Å². The number of anilines is 1. The molecule has 0 bridgehead atoms. The van der Waals surface area contributed by atoms with Gasteiger partial charge in [0.2, 0.25) is 0 Å². The first-order chi connectivity index (χ1) is 16.5. The number of aromatic amines is 1. The summed E-state index contributed by atoms with van der Waals surface area (Å²) in [6.07, 6.45) is 1.25. The number of hydrogen-bond acceptors (Lipinski definition) is 6. The topological polar surface area (TPSA) is 106 Å². The molecule has 5 rings (SSSR count). The average molecular weight is 482 g/mol. The van der Waals surface area contributed by atoms with Crippen molar-refractivity contribution in [3.63, 3.8) is 0 Å². The van der Waals surface area contributed by atoms with Crippen molar-refractivity contribution in [3.8, 4) is 17.1 Å². The zero-order valence-corrected chi connectivity index (χ0v) is 17.9. The number of fused-ring (bicyclic) bond motifs is 1. The molecule has 0 atom stereocenters. The third-order valence-corrected chi connectivity index (χ3v) is 5.17. The molecule has 5 aromatic rings. The number of rotatable bonds is 6. The Labute approximate surface area is 195 Å². The summed E-state index contributed by atoms with van der Waals surface area (Å²) in [5.74, 6) is -0.867. The predicted octanol–water partition coefficient (Wildman–Crippen LogP) is 5.38. The largest absolute Gasteiger partial charge is 0.489 e. The van der Waals surface area contributed by atoms with Gasteiger partial charge in [-0.1, -0.05) is 11.6 Å². The molecule has 0 spiro atoms. The number of nitrogens with one attached hydrogen (secondary N) is 2. The van der Waals surface area contributed by atoms with Gasteiger partial charge in [-0.15, -0.1) is 5.10 Å². The van der Waals surface area contributed by atoms with Gasteiger partial charge >= 0.3 is 0 Å². The number of tetrazole rings is 1. The van der Waals surface area contributed by atoms with Crippen LogP contribution in [0.2, 0.25) is 5.02 Å². The summed E-state index contributed by atoms with van der Waals surface area (Å²) in [7, 11) is 0. The van der Waals surface area contributed by atoms with Gasteiger partial charge in [-0.25, -0.2) is 13.9 Å². The van der Waals surface area contributed by atoms with Crippen LogP contribution in [0, 0.1) is 11.6 Å². The molecule has 0 aliphatic heterocycles. The summed E-state index contributed by atoms with van der Waals surface area (Å²) in [5.41, 5.74) is 1.67. The molecule has 0 unspecified atom stereocenters. The molecule has 3 aromatic carbocycles. The van der Waals surface area contributed by atoms with Gasteiger partial charge in [-0.05, 0) is 70.6 Å². The Morgan fingerprint density at radius 2 is 1.94 bits per heavy atom. The molecule has 2 aromatic heterocycles. The molecule has 1 amide bonds. The summed E-state index contributed by atoms with van der Waals surface area (Å²) >= 11 is 5.85. The zero-order chi connectivity index (χ0) is 23.7. The Kier molecular flexibility index (Phi) is 5.64.